The first-order valence-electron chi connectivity index (χ1n) is 7.59. The van der Waals surface area contributed by atoms with Crippen molar-refractivity contribution in [3.8, 4) is 0 Å². The van der Waals surface area contributed by atoms with Crippen molar-refractivity contribution in [2.45, 2.75) is 45.7 Å². The summed E-state index contributed by atoms with van der Waals surface area (Å²) in [4.78, 5) is 11.2. The van der Waals surface area contributed by atoms with Crippen LogP contribution in [-0.2, 0) is 6.54 Å². The molecule has 1 aromatic rings. The van der Waals surface area contributed by atoms with Crippen molar-refractivity contribution in [2.75, 3.05) is 24.6 Å². The van der Waals surface area contributed by atoms with E-state index in [-0.39, 0.29) is 6.61 Å². The number of nitrogens with zero attached hydrogens (tertiary/aromatic N) is 3. The lowest BCUT2D eigenvalue weighted by atomic mass is 9.95. The molecule has 0 spiro atoms. The van der Waals surface area contributed by atoms with Gasteiger partial charge in [-0.25, -0.2) is 9.97 Å². The number of hydrogen-bond acceptors (Lipinski definition) is 5. The smallest absolute Gasteiger partial charge is 0.225 e. The molecule has 1 aliphatic rings. The van der Waals surface area contributed by atoms with E-state index in [0.717, 1.165) is 44.0 Å². The van der Waals surface area contributed by atoms with Gasteiger partial charge in [0.05, 0.1) is 0 Å². The quantitative estimate of drug-likeness (QED) is 0.827. The molecule has 0 saturated carbocycles. The molecule has 112 valence electrons. The van der Waals surface area contributed by atoms with Gasteiger partial charge in [-0.2, -0.15) is 0 Å². The SMILES string of the molecule is CC(C)NCc1cnc(N2CCCC(CCO)C2)nc1. The van der Waals surface area contributed by atoms with Crippen LogP contribution < -0.4 is 10.2 Å². The van der Waals surface area contributed by atoms with Gasteiger partial charge in [0, 0.05) is 50.2 Å². The van der Waals surface area contributed by atoms with E-state index in [2.05, 4.69) is 34.0 Å². The summed E-state index contributed by atoms with van der Waals surface area (Å²) in [6.45, 7) is 7.33. The van der Waals surface area contributed by atoms with Crippen molar-refractivity contribution in [2.24, 2.45) is 5.92 Å². The Morgan fingerprint density at radius 2 is 2.15 bits per heavy atom. The molecule has 1 atom stereocenters. The van der Waals surface area contributed by atoms with Crippen LogP contribution in [0.2, 0.25) is 0 Å². The molecule has 2 heterocycles. The summed E-state index contributed by atoms with van der Waals surface area (Å²) in [5.74, 6) is 1.39. The van der Waals surface area contributed by atoms with Crippen molar-refractivity contribution in [3.05, 3.63) is 18.0 Å². The van der Waals surface area contributed by atoms with Crippen LogP contribution in [0.25, 0.3) is 0 Å². The van der Waals surface area contributed by atoms with Gasteiger partial charge in [-0.05, 0) is 25.2 Å². The van der Waals surface area contributed by atoms with Crippen LogP contribution in [0.5, 0.6) is 0 Å². The van der Waals surface area contributed by atoms with Crippen LogP contribution in [0.4, 0.5) is 5.95 Å². The second-order valence-corrected chi connectivity index (χ2v) is 5.89. The maximum atomic E-state index is 9.06. The van der Waals surface area contributed by atoms with Gasteiger partial charge in [-0.1, -0.05) is 13.8 Å². The molecule has 1 aromatic heterocycles. The topological polar surface area (TPSA) is 61.3 Å². The summed E-state index contributed by atoms with van der Waals surface area (Å²) in [5, 5.41) is 12.4. The standard InChI is InChI=1S/C15H26N4O/c1-12(2)16-8-14-9-17-15(18-10-14)19-6-3-4-13(11-19)5-7-20/h9-10,12-13,16,20H,3-8,11H2,1-2H3. The highest BCUT2D eigenvalue weighted by Crippen LogP contribution is 2.22. The predicted molar refractivity (Wildman–Crippen MR) is 80.6 cm³/mol. The Morgan fingerprint density at radius 3 is 2.80 bits per heavy atom. The Labute approximate surface area is 121 Å². The lowest BCUT2D eigenvalue weighted by Gasteiger charge is -2.32. The first-order valence-corrected chi connectivity index (χ1v) is 7.59. The molecule has 5 nitrogen and oxygen atoms in total. The van der Waals surface area contributed by atoms with E-state index in [1.165, 1.54) is 6.42 Å². The summed E-state index contributed by atoms with van der Waals surface area (Å²) < 4.78 is 0. The average molecular weight is 278 g/mol. The third-order valence-electron chi connectivity index (χ3n) is 3.75. The summed E-state index contributed by atoms with van der Waals surface area (Å²) in [7, 11) is 0. The summed E-state index contributed by atoms with van der Waals surface area (Å²) in [5.41, 5.74) is 1.12. The minimum atomic E-state index is 0.277. The van der Waals surface area contributed by atoms with Gasteiger partial charge in [-0.15, -0.1) is 0 Å². The van der Waals surface area contributed by atoms with Crippen molar-refractivity contribution in [3.63, 3.8) is 0 Å². The zero-order valence-electron chi connectivity index (χ0n) is 12.5. The molecule has 0 aliphatic carbocycles. The molecule has 2 N–H and O–H groups in total. The monoisotopic (exact) mass is 278 g/mol. The van der Waals surface area contributed by atoms with Crippen LogP contribution in [0, 0.1) is 5.92 Å². The van der Waals surface area contributed by atoms with Crippen LogP contribution in [0.15, 0.2) is 12.4 Å². The molecule has 1 aliphatic heterocycles. The Hall–Kier alpha value is -1.20. The minimum Gasteiger partial charge on any atom is -0.396 e. The molecular formula is C15H26N4O. The fourth-order valence-corrected chi connectivity index (χ4v) is 2.59. The fourth-order valence-electron chi connectivity index (χ4n) is 2.59. The molecule has 1 fully saturated rings. The molecule has 0 radical (unpaired) electrons. The van der Waals surface area contributed by atoms with E-state index in [4.69, 9.17) is 5.11 Å². The average Bonchev–Trinajstić information content (AvgIpc) is 2.46. The van der Waals surface area contributed by atoms with E-state index in [9.17, 15) is 0 Å². The second kappa shape index (κ2) is 7.55. The van der Waals surface area contributed by atoms with Crippen LogP contribution >= 0.6 is 0 Å². The number of anilines is 1. The Morgan fingerprint density at radius 1 is 1.40 bits per heavy atom. The maximum Gasteiger partial charge on any atom is 0.225 e. The molecule has 5 heteroatoms. The molecule has 20 heavy (non-hydrogen) atoms. The Balaban J connectivity index is 1.91. The normalized spacial score (nSPS) is 19.6. The zero-order valence-corrected chi connectivity index (χ0v) is 12.5. The van der Waals surface area contributed by atoms with Gasteiger partial charge in [0.1, 0.15) is 0 Å². The highest BCUT2D eigenvalue weighted by atomic mass is 16.3. The van der Waals surface area contributed by atoms with Crippen molar-refractivity contribution in [1.29, 1.82) is 0 Å². The fraction of sp³-hybridized carbons (Fsp3) is 0.733. The molecule has 0 amide bonds. The first kappa shape index (κ1) is 15.2. The van der Waals surface area contributed by atoms with Crippen LogP contribution in [0.3, 0.4) is 0 Å². The Bertz CT molecular complexity index is 391. The Kier molecular flexibility index (Phi) is 5.73. The number of aliphatic hydroxyl groups is 1. The van der Waals surface area contributed by atoms with Crippen molar-refractivity contribution in [1.82, 2.24) is 15.3 Å². The number of rotatable bonds is 6. The number of piperidine rings is 1. The van der Waals surface area contributed by atoms with E-state index in [1.807, 2.05) is 12.4 Å². The van der Waals surface area contributed by atoms with Gasteiger partial charge < -0.3 is 15.3 Å². The zero-order chi connectivity index (χ0) is 14.4. The van der Waals surface area contributed by atoms with Crippen LogP contribution in [0.1, 0.15) is 38.7 Å². The first-order chi connectivity index (χ1) is 9.69. The van der Waals surface area contributed by atoms with Gasteiger partial charge in [-0.3, -0.25) is 0 Å². The molecular weight excluding hydrogens is 252 g/mol. The third-order valence-corrected chi connectivity index (χ3v) is 3.75. The van der Waals surface area contributed by atoms with Gasteiger partial charge in [0.25, 0.3) is 0 Å². The van der Waals surface area contributed by atoms with Gasteiger partial charge in [0.2, 0.25) is 5.95 Å². The van der Waals surface area contributed by atoms with Crippen LogP contribution in [-0.4, -0.2) is 40.8 Å². The predicted octanol–water partition coefficient (Wildman–Crippen LogP) is 1.57. The number of hydrogen-bond donors (Lipinski definition) is 2. The molecule has 0 aromatic carbocycles. The highest BCUT2D eigenvalue weighted by Gasteiger charge is 2.21. The molecule has 1 unspecified atom stereocenters. The van der Waals surface area contributed by atoms with E-state index in [0.29, 0.717) is 12.0 Å². The van der Waals surface area contributed by atoms with E-state index >= 15 is 0 Å². The summed E-state index contributed by atoms with van der Waals surface area (Å²) >= 11 is 0. The third kappa shape index (κ3) is 4.42. The van der Waals surface area contributed by atoms with E-state index in [1.54, 1.807) is 0 Å². The number of aromatic nitrogens is 2. The lowest BCUT2D eigenvalue weighted by Crippen LogP contribution is -2.36. The maximum absolute atomic E-state index is 9.06. The van der Waals surface area contributed by atoms with Crippen molar-refractivity contribution < 1.29 is 5.11 Å². The second-order valence-electron chi connectivity index (χ2n) is 5.89. The number of nitrogens with one attached hydrogen (secondary N) is 1. The number of aliphatic hydroxyl groups excluding tert-OH is 1. The molecule has 0 bridgehead atoms. The van der Waals surface area contributed by atoms with E-state index < -0.39 is 0 Å². The molecule has 1 saturated heterocycles. The van der Waals surface area contributed by atoms with Gasteiger partial charge in [0.15, 0.2) is 0 Å². The van der Waals surface area contributed by atoms with Crippen molar-refractivity contribution >= 4 is 5.95 Å². The largest absolute Gasteiger partial charge is 0.396 e. The highest BCUT2D eigenvalue weighted by molar-refractivity contribution is 5.30. The molecule has 2 rings (SSSR count). The summed E-state index contributed by atoms with van der Waals surface area (Å²) in [6, 6.07) is 0.469. The minimum absolute atomic E-state index is 0.277. The lowest BCUT2D eigenvalue weighted by molar-refractivity contribution is 0.244. The summed E-state index contributed by atoms with van der Waals surface area (Å²) in [6.07, 6.45) is 7.06. The van der Waals surface area contributed by atoms with Gasteiger partial charge >= 0.3 is 0 Å².